The zero-order valence-electron chi connectivity index (χ0n) is 13.6. The fourth-order valence-corrected chi connectivity index (χ4v) is 3.01. The third kappa shape index (κ3) is 2.94. The van der Waals surface area contributed by atoms with Crippen LogP contribution in [0.25, 0.3) is 33.3 Å². The van der Waals surface area contributed by atoms with Crippen molar-refractivity contribution in [2.75, 3.05) is 5.73 Å². The molecule has 0 bridgehead atoms. The molecule has 0 amide bonds. The Hall–Kier alpha value is -2.91. The lowest BCUT2D eigenvalue weighted by molar-refractivity contribution is 1.15. The first-order valence-electron chi connectivity index (χ1n) is 7.82. The lowest BCUT2D eigenvalue weighted by Crippen LogP contribution is -1.99. The van der Waals surface area contributed by atoms with Crippen molar-refractivity contribution in [2.24, 2.45) is 0 Å². The number of hydrogen-bond acceptors (Lipinski definition) is 5. The molecule has 6 heteroatoms. The predicted octanol–water partition coefficient (Wildman–Crippen LogP) is 3.14. The highest BCUT2D eigenvalue weighted by molar-refractivity contribution is 7.27. The number of hydrogen-bond donors (Lipinski definition) is 1. The third-order valence-electron chi connectivity index (χ3n) is 4.14. The molecule has 2 aromatic heterocycles. The van der Waals surface area contributed by atoms with E-state index >= 15 is 0 Å². The second-order valence-corrected chi connectivity index (χ2v) is 6.47. The van der Waals surface area contributed by atoms with Crippen molar-refractivity contribution in [2.45, 2.75) is 6.92 Å². The molecule has 1 atom stereocenters. The van der Waals surface area contributed by atoms with Crippen LogP contribution in [0.5, 0.6) is 0 Å². The highest BCUT2D eigenvalue weighted by Gasteiger charge is 2.12. The van der Waals surface area contributed by atoms with Crippen LogP contribution in [0.3, 0.4) is 0 Å². The van der Waals surface area contributed by atoms with Gasteiger partial charge in [0.15, 0.2) is 0 Å². The molecule has 0 fully saturated rings. The van der Waals surface area contributed by atoms with Crippen molar-refractivity contribution in [3.05, 3.63) is 60.7 Å². The number of benzene rings is 2. The summed E-state index contributed by atoms with van der Waals surface area (Å²) >= 11 is 0. The van der Waals surface area contributed by atoms with Crippen molar-refractivity contribution in [3.63, 3.8) is 0 Å². The maximum atomic E-state index is 5.84. The van der Waals surface area contributed by atoms with E-state index in [0.717, 1.165) is 44.3 Å². The molecule has 0 aliphatic heterocycles. The number of anilines is 1. The first kappa shape index (κ1) is 15.6. The van der Waals surface area contributed by atoms with Crippen molar-refractivity contribution < 1.29 is 0 Å². The minimum atomic E-state index is 0.258. The van der Waals surface area contributed by atoms with E-state index in [2.05, 4.69) is 35.2 Å². The zero-order chi connectivity index (χ0) is 17.4. The summed E-state index contributed by atoms with van der Waals surface area (Å²) in [5, 5.41) is 2.13. The number of nitrogens with two attached hydrogens (primary N) is 1. The maximum Gasteiger partial charge on any atom is 0.220 e. The summed E-state index contributed by atoms with van der Waals surface area (Å²) in [5.41, 5.74) is 11.4. The smallest absolute Gasteiger partial charge is 0.220 e. The zero-order valence-corrected chi connectivity index (χ0v) is 14.8. The molecule has 0 spiro atoms. The van der Waals surface area contributed by atoms with E-state index in [1.54, 1.807) is 12.5 Å². The summed E-state index contributed by atoms with van der Waals surface area (Å²) in [5.74, 6) is 0.258. The lowest BCUT2D eigenvalue weighted by Gasteiger charge is -2.11. The minimum Gasteiger partial charge on any atom is -0.368 e. The molecule has 2 aromatic carbocycles. The van der Waals surface area contributed by atoms with Crippen molar-refractivity contribution >= 4 is 31.4 Å². The van der Waals surface area contributed by atoms with E-state index in [4.69, 9.17) is 5.73 Å². The third-order valence-corrected chi connectivity index (χ3v) is 4.52. The molecule has 122 valence electrons. The average Bonchev–Trinajstić information content (AvgIpc) is 2.62. The lowest BCUT2D eigenvalue weighted by atomic mass is 9.99. The minimum absolute atomic E-state index is 0.258. The normalized spacial score (nSPS) is 11.0. The molecule has 0 saturated carbocycles. The number of nitrogen functional groups attached to an aromatic ring is 1. The van der Waals surface area contributed by atoms with Gasteiger partial charge in [-0.3, -0.25) is 0 Å². The number of rotatable bonds is 2. The second kappa shape index (κ2) is 6.19. The molecular weight excluding hydrogens is 329 g/mol. The van der Waals surface area contributed by atoms with E-state index in [1.165, 1.54) is 0 Å². The Morgan fingerprint density at radius 2 is 1.68 bits per heavy atom. The average molecular weight is 345 g/mol. The van der Waals surface area contributed by atoms with E-state index in [0.29, 0.717) is 0 Å². The van der Waals surface area contributed by atoms with Gasteiger partial charge in [-0.2, -0.15) is 0 Å². The van der Waals surface area contributed by atoms with Gasteiger partial charge in [0.1, 0.15) is 6.33 Å². The van der Waals surface area contributed by atoms with Gasteiger partial charge >= 0.3 is 0 Å². The van der Waals surface area contributed by atoms with Gasteiger partial charge in [0.2, 0.25) is 5.95 Å². The van der Waals surface area contributed by atoms with Gasteiger partial charge in [-0.15, -0.1) is 9.24 Å². The van der Waals surface area contributed by atoms with Gasteiger partial charge in [0.05, 0.1) is 11.2 Å². The van der Waals surface area contributed by atoms with Gasteiger partial charge in [-0.1, -0.05) is 30.3 Å². The van der Waals surface area contributed by atoms with Crippen LogP contribution in [0.2, 0.25) is 0 Å². The number of aryl methyl sites for hydroxylation is 1. The Kier molecular flexibility index (Phi) is 3.86. The summed E-state index contributed by atoms with van der Waals surface area (Å²) in [6.45, 7) is 1.98. The Bertz CT molecular complexity index is 1080. The number of fused-ring (bicyclic) bond motifs is 1. The van der Waals surface area contributed by atoms with E-state index < -0.39 is 0 Å². The Balaban J connectivity index is 1.94. The van der Waals surface area contributed by atoms with E-state index in [9.17, 15) is 0 Å². The summed E-state index contributed by atoms with van der Waals surface area (Å²) in [4.78, 5) is 17.3. The molecule has 5 nitrogen and oxygen atoms in total. The summed E-state index contributed by atoms with van der Waals surface area (Å²) in [7, 11) is 2.68. The van der Waals surface area contributed by atoms with Crippen LogP contribution in [0.4, 0.5) is 5.95 Å². The molecular formula is C19H16N5P. The van der Waals surface area contributed by atoms with Gasteiger partial charge in [-0.05, 0) is 29.9 Å². The standard InChI is InChI=1S/C19H16N5P/c1-11-15-8-13(4-7-17(15)23-10-22-11)16-9-21-19(20)24-18(16)12-2-5-14(25)6-3-12/h2-10H,25H2,1H3,(H2,20,21,24). The van der Waals surface area contributed by atoms with Crippen LogP contribution in [0.1, 0.15) is 5.69 Å². The first-order chi connectivity index (χ1) is 12.1. The molecule has 0 saturated heterocycles. The Labute approximate surface area is 147 Å². The van der Waals surface area contributed by atoms with Gasteiger partial charge in [0, 0.05) is 28.4 Å². The van der Waals surface area contributed by atoms with Gasteiger partial charge < -0.3 is 5.73 Å². The number of nitrogens with zero attached hydrogens (tertiary/aromatic N) is 4. The molecule has 0 radical (unpaired) electrons. The molecule has 0 aliphatic rings. The van der Waals surface area contributed by atoms with Crippen LogP contribution in [0.15, 0.2) is 55.0 Å². The number of aromatic nitrogens is 4. The Morgan fingerprint density at radius 3 is 2.48 bits per heavy atom. The SMILES string of the molecule is Cc1ncnc2ccc(-c3cnc(N)nc3-c3ccc(P)cc3)cc12. The second-order valence-electron chi connectivity index (χ2n) is 5.80. The van der Waals surface area contributed by atoms with Gasteiger partial charge in [0.25, 0.3) is 0 Å². The fraction of sp³-hybridized carbons (Fsp3) is 0.0526. The molecule has 0 aliphatic carbocycles. The molecule has 25 heavy (non-hydrogen) atoms. The van der Waals surface area contributed by atoms with Crippen LogP contribution in [-0.4, -0.2) is 19.9 Å². The molecule has 2 N–H and O–H groups in total. The summed E-state index contributed by atoms with van der Waals surface area (Å²) in [6.07, 6.45) is 3.35. The first-order valence-corrected chi connectivity index (χ1v) is 8.40. The highest BCUT2D eigenvalue weighted by Crippen LogP contribution is 2.32. The molecule has 2 heterocycles. The summed E-state index contributed by atoms with van der Waals surface area (Å²) in [6, 6.07) is 14.2. The molecule has 4 aromatic rings. The van der Waals surface area contributed by atoms with Crippen LogP contribution < -0.4 is 11.0 Å². The van der Waals surface area contributed by atoms with Crippen molar-refractivity contribution in [1.82, 2.24) is 19.9 Å². The fourth-order valence-electron chi connectivity index (χ4n) is 2.82. The van der Waals surface area contributed by atoms with Crippen LogP contribution >= 0.6 is 9.24 Å². The monoisotopic (exact) mass is 345 g/mol. The van der Waals surface area contributed by atoms with Crippen LogP contribution in [0, 0.1) is 6.92 Å². The van der Waals surface area contributed by atoms with Gasteiger partial charge in [-0.25, -0.2) is 19.9 Å². The van der Waals surface area contributed by atoms with Crippen molar-refractivity contribution in [3.8, 4) is 22.4 Å². The van der Waals surface area contributed by atoms with Crippen LogP contribution in [-0.2, 0) is 0 Å². The maximum absolute atomic E-state index is 5.84. The predicted molar refractivity (Wildman–Crippen MR) is 104 cm³/mol. The molecule has 4 rings (SSSR count). The van der Waals surface area contributed by atoms with E-state index in [1.807, 2.05) is 43.3 Å². The summed E-state index contributed by atoms with van der Waals surface area (Å²) < 4.78 is 0. The topological polar surface area (TPSA) is 77.6 Å². The molecule has 1 unspecified atom stereocenters. The largest absolute Gasteiger partial charge is 0.368 e. The quantitative estimate of drug-likeness (QED) is 0.565. The highest BCUT2D eigenvalue weighted by atomic mass is 31.0. The Morgan fingerprint density at radius 1 is 0.920 bits per heavy atom. The van der Waals surface area contributed by atoms with E-state index in [-0.39, 0.29) is 5.95 Å². The van der Waals surface area contributed by atoms with Crippen molar-refractivity contribution in [1.29, 1.82) is 0 Å².